The number of carbonyl (C=O) groups is 1. The first-order valence-corrected chi connectivity index (χ1v) is 10.5. The number of nitrogens with zero attached hydrogens (tertiary/aromatic N) is 3. The highest BCUT2D eigenvalue weighted by Crippen LogP contribution is 2.25. The van der Waals surface area contributed by atoms with Crippen LogP contribution in [0.25, 0.3) is 11.4 Å². The highest BCUT2D eigenvalue weighted by Gasteiger charge is 2.33. The fourth-order valence-electron chi connectivity index (χ4n) is 2.98. The van der Waals surface area contributed by atoms with Crippen LogP contribution in [0, 0.1) is 18.6 Å². The van der Waals surface area contributed by atoms with E-state index < -0.39 is 38.8 Å². The summed E-state index contributed by atoms with van der Waals surface area (Å²) >= 11 is 0. The Labute approximate surface area is 175 Å². The van der Waals surface area contributed by atoms with Crippen LogP contribution in [-0.2, 0) is 14.8 Å². The number of sulfonamides is 1. The Bertz CT molecular complexity index is 1230. The number of hydrogen-bond acceptors (Lipinski definition) is 7. The van der Waals surface area contributed by atoms with Crippen LogP contribution in [0.1, 0.15) is 5.89 Å². The third kappa shape index (κ3) is 4.39. The Morgan fingerprint density at radius 1 is 1.16 bits per heavy atom. The first kappa shape index (κ1) is 20.9. The second kappa shape index (κ2) is 8.04. The Morgan fingerprint density at radius 2 is 1.90 bits per heavy atom. The van der Waals surface area contributed by atoms with E-state index in [4.69, 9.17) is 9.26 Å². The molecule has 0 spiro atoms. The molecule has 0 saturated carbocycles. The molecule has 4 rings (SSSR count). The zero-order valence-corrected chi connectivity index (χ0v) is 16.9. The Hall–Kier alpha value is -3.38. The zero-order valence-electron chi connectivity index (χ0n) is 16.1. The number of hydrogen-bond donors (Lipinski definition) is 1. The molecular weight excluding hydrogens is 434 g/mol. The van der Waals surface area contributed by atoms with Crippen molar-refractivity contribution in [3.63, 3.8) is 0 Å². The average molecular weight is 450 g/mol. The van der Waals surface area contributed by atoms with Gasteiger partial charge in [0.2, 0.25) is 21.7 Å². The smallest absolute Gasteiger partial charge is 0.414 e. The lowest BCUT2D eigenvalue weighted by atomic mass is 10.2. The molecule has 1 aromatic heterocycles. The molecule has 12 heteroatoms. The van der Waals surface area contributed by atoms with Gasteiger partial charge in [-0.2, -0.15) is 4.98 Å². The van der Waals surface area contributed by atoms with Gasteiger partial charge in [-0.1, -0.05) is 5.16 Å². The highest BCUT2D eigenvalue weighted by atomic mass is 32.2. The number of ether oxygens (including phenoxy) is 1. The molecule has 0 aliphatic carbocycles. The molecule has 3 aromatic rings. The van der Waals surface area contributed by atoms with Gasteiger partial charge in [-0.15, -0.1) is 0 Å². The number of amides is 1. The molecule has 2 heterocycles. The normalized spacial score (nSPS) is 16.5. The van der Waals surface area contributed by atoms with E-state index in [0.717, 1.165) is 12.1 Å². The molecular formula is C19H16F2N4O5S. The van der Waals surface area contributed by atoms with Crippen molar-refractivity contribution in [2.45, 2.75) is 17.9 Å². The van der Waals surface area contributed by atoms with E-state index in [1.54, 1.807) is 31.2 Å². The van der Waals surface area contributed by atoms with Crippen molar-refractivity contribution in [3.8, 4) is 11.4 Å². The molecule has 2 aromatic carbocycles. The summed E-state index contributed by atoms with van der Waals surface area (Å²) in [6.07, 6.45) is -1.41. The third-order valence-electron chi connectivity index (χ3n) is 4.54. The molecule has 1 N–H and O–H groups in total. The summed E-state index contributed by atoms with van der Waals surface area (Å²) in [6, 6.07) is 9.03. The average Bonchev–Trinajstić information content (AvgIpc) is 3.34. The number of anilines is 1. The molecule has 1 saturated heterocycles. The monoisotopic (exact) mass is 450 g/mol. The lowest BCUT2D eigenvalue weighted by Gasteiger charge is -2.13. The summed E-state index contributed by atoms with van der Waals surface area (Å²) in [5, 5.41) is 3.82. The van der Waals surface area contributed by atoms with Crippen LogP contribution in [0.4, 0.5) is 19.3 Å². The lowest BCUT2D eigenvalue weighted by Crippen LogP contribution is -2.34. The predicted octanol–water partition coefficient (Wildman–Crippen LogP) is 2.63. The molecule has 1 unspecified atom stereocenters. The molecule has 0 bridgehead atoms. The van der Waals surface area contributed by atoms with Crippen LogP contribution in [0.2, 0.25) is 0 Å². The van der Waals surface area contributed by atoms with E-state index in [9.17, 15) is 22.0 Å². The molecule has 31 heavy (non-hydrogen) atoms. The first-order chi connectivity index (χ1) is 14.7. The van der Waals surface area contributed by atoms with Crippen molar-refractivity contribution in [2.75, 3.05) is 18.0 Å². The number of cyclic esters (lactones) is 1. The fourth-order valence-corrected chi connectivity index (χ4v) is 4.05. The maximum atomic E-state index is 13.3. The van der Waals surface area contributed by atoms with Gasteiger partial charge >= 0.3 is 6.09 Å². The number of nitrogens with one attached hydrogen (secondary N) is 1. The lowest BCUT2D eigenvalue weighted by molar-refractivity contribution is 0.143. The molecule has 1 aliphatic rings. The van der Waals surface area contributed by atoms with Crippen LogP contribution >= 0.6 is 0 Å². The molecule has 162 valence electrons. The van der Waals surface area contributed by atoms with Crippen LogP contribution in [0.3, 0.4) is 0 Å². The quantitative estimate of drug-likeness (QED) is 0.614. The number of aromatic nitrogens is 2. The van der Waals surface area contributed by atoms with Gasteiger partial charge in [-0.3, -0.25) is 4.90 Å². The van der Waals surface area contributed by atoms with Crippen molar-refractivity contribution in [3.05, 3.63) is 60.0 Å². The van der Waals surface area contributed by atoms with E-state index >= 15 is 0 Å². The van der Waals surface area contributed by atoms with Gasteiger partial charge in [0.15, 0.2) is 11.6 Å². The van der Waals surface area contributed by atoms with Gasteiger partial charge in [0.25, 0.3) is 0 Å². The number of benzene rings is 2. The van der Waals surface area contributed by atoms with Gasteiger partial charge in [0.1, 0.15) is 6.10 Å². The Morgan fingerprint density at radius 3 is 2.55 bits per heavy atom. The summed E-state index contributed by atoms with van der Waals surface area (Å²) < 4.78 is 63.3. The summed E-state index contributed by atoms with van der Waals surface area (Å²) in [7, 11) is -4.11. The van der Waals surface area contributed by atoms with E-state index in [0.29, 0.717) is 29.0 Å². The van der Waals surface area contributed by atoms with E-state index in [-0.39, 0.29) is 13.1 Å². The largest absolute Gasteiger partial charge is 0.443 e. The molecule has 9 nitrogen and oxygen atoms in total. The van der Waals surface area contributed by atoms with Gasteiger partial charge in [-0.05, 0) is 42.5 Å². The third-order valence-corrected chi connectivity index (χ3v) is 5.96. The van der Waals surface area contributed by atoms with Gasteiger partial charge in [-0.25, -0.2) is 26.7 Å². The summed E-state index contributed by atoms with van der Waals surface area (Å²) in [5.74, 6) is -1.59. The highest BCUT2D eigenvalue weighted by molar-refractivity contribution is 7.89. The van der Waals surface area contributed by atoms with E-state index in [1.165, 1.54) is 4.90 Å². The van der Waals surface area contributed by atoms with Crippen LogP contribution in [0.5, 0.6) is 0 Å². The molecule has 1 atom stereocenters. The van der Waals surface area contributed by atoms with Crippen molar-refractivity contribution < 1.29 is 31.3 Å². The van der Waals surface area contributed by atoms with Crippen LogP contribution in [0.15, 0.2) is 51.9 Å². The molecule has 1 amide bonds. The van der Waals surface area contributed by atoms with E-state index in [2.05, 4.69) is 14.9 Å². The van der Waals surface area contributed by atoms with Crippen molar-refractivity contribution in [2.24, 2.45) is 0 Å². The SMILES string of the molecule is Cc1nc(-c2ccc(N3CC(CNS(=O)(=O)c4ccc(F)c(F)c4)OC3=O)cc2)no1. The number of aryl methyl sites for hydroxylation is 1. The fraction of sp³-hybridized carbons (Fsp3) is 0.211. The van der Waals surface area contributed by atoms with Crippen molar-refractivity contribution in [1.82, 2.24) is 14.9 Å². The maximum Gasteiger partial charge on any atom is 0.414 e. The van der Waals surface area contributed by atoms with Gasteiger partial charge in [0, 0.05) is 24.7 Å². The topological polar surface area (TPSA) is 115 Å². The maximum absolute atomic E-state index is 13.3. The minimum Gasteiger partial charge on any atom is -0.443 e. The number of halogens is 2. The Balaban J connectivity index is 1.40. The van der Waals surface area contributed by atoms with Gasteiger partial charge < -0.3 is 9.26 Å². The number of carbonyl (C=O) groups excluding carboxylic acids is 1. The van der Waals surface area contributed by atoms with Crippen LogP contribution < -0.4 is 9.62 Å². The summed E-state index contributed by atoms with van der Waals surface area (Å²) in [4.78, 5) is 17.3. The Kier molecular flexibility index (Phi) is 5.41. The minimum atomic E-state index is -4.11. The second-order valence-electron chi connectivity index (χ2n) is 6.73. The number of rotatable bonds is 6. The minimum absolute atomic E-state index is 0.0970. The summed E-state index contributed by atoms with van der Waals surface area (Å²) in [6.45, 7) is 1.54. The van der Waals surface area contributed by atoms with Crippen molar-refractivity contribution in [1.29, 1.82) is 0 Å². The molecule has 1 aliphatic heterocycles. The van der Waals surface area contributed by atoms with E-state index in [1.807, 2.05) is 0 Å². The van der Waals surface area contributed by atoms with Crippen molar-refractivity contribution >= 4 is 21.8 Å². The zero-order chi connectivity index (χ0) is 22.2. The molecule has 1 fully saturated rings. The predicted molar refractivity (Wildman–Crippen MR) is 104 cm³/mol. The van der Waals surface area contributed by atoms with Crippen LogP contribution in [-0.4, -0.2) is 43.8 Å². The first-order valence-electron chi connectivity index (χ1n) is 9.06. The summed E-state index contributed by atoms with van der Waals surface area (Å²) in [5.41, 5.74) is 1.24. The molecule has 0 radical (unpaired) electrons. The standard InChI is InChI=1S/C19H16F2N4O5S/c1-11-23-18(24-30-11)12-2-4-13(5-3-12)25-10-14(29-19(25)26)9-22-31(27,28)15-6-7-16(20)17(21)8-15/h2-8,14,22H,9-10H2,1H3. The van der Waals surface area contributed by atoms with Gasteiger partial charge in [0.05, 0.1) is 11.4 Å². The second-order valence-corrected chi connectivity index (χ2v) is 8.50.